The van der Waals surface area contributed by atoms with Crippen molar-refractivity contribution in [3.05, 3.63) is 39.6 Å². The fraction of sp³-hybridized carbons (Fsp3) is 0.368. The van der Waals surface area contributed by atoms with Gasteiger partial charge in [-0.05, 0) is 26.0 Å². The van der Waals surface area contributed by atoms with Crippen LogP contribution >= 0.6 is 35.0 Å². The maximum atomic E-state index is 13.1. The number of nitrogens with zero attached hydrogens (tertiary/aromatic N) is 2. The molecule has 0 radical (unpaired) electrons. The van der Waals surface area contributed by atoms with E-state index in [1.165, 1.54) is 16.7 Å². The van der Waals surface area contributed by atoms with Crippen molar-refractivity contribution in [2.75, 3.05) is 0 Å². The van der Waals surface area contributed by atoms with Crippen molar-refractivity contribution in [3.8, 4) is 11.3 Å². The second kappa shape index (κ2) is 7.70. The number of carbonyl (C=O) groups is 3. The summed E-state index contributed by atoms with van der Waals surface area (Å²) >= 11 is 13.8. The molecule has 2 aromatic rings. The minimum atomic E-state index is -1.10. The van der Waals surface area contributed by atoms with Gasteiger partial charge in [-0.3, -0.25) is 9.59 Å². The molecule has 164 valence electrons. The van der Waals surface area contributed by atoms with E-state index in [0.717, 1.165) is 0 Å². The number of hydrogen-bond donors (Lipinski definition) is 3. The van der Waals surface area contributed by atoms with E-state index in [4.69, 9.17) is 27.7 Å². The molecule has 12 heteroatoms. The van der Waals surface area contributed by atoms with Crippen LogP contribution in [-0.4, -0.2) is 60.3 Å². The van der Waals surface area contributed by atoms with Crippen LogP contribution in [0.25, 0.3) is 11.3 Å². The van der Waals surface area contributed by atoms with Gasteiger partial charge in [0.05, 0.1) is 10.0 Å². The number of carboxylic acids is 1. The number of aromatic nitrogens is 1. The molecule has 0 unspecified atom stereocenters. The number of aliphatic carboxylic acids is 1. The second-order valence-corrected chi connectivity index (χ2v) is 10.2. The van der Waals surface area contributed by atoms with E-state index in [1.54, 1.807) is 32.0 Å². The minimum absolute atomic E-state index is 0.0311. The van der Waals surface area contributed by atoms with E-state index in [1.807, 2.05) is 0 Å². The Morgan fingerprint density at radius 1 is 1.32 bits per heavy atom. The fourth-order valence-electron chi connectivity index (χ4n) is 3.92. The van der Waals surface area contributed by atoms with Gasteiger partial charge in [-0.25, -0.2) is 4.79 Å². The Morgan fingerprint density at radius 3 is 2.55 bits per heavy atom. The Hall–Kier alpha value is -2.27. The number of aliphatic hydroxyl groups excluding tert-OH is 1. The van der Waals surface area contributed by atoms with Crippen LogP contribution in [0.1, 0.15) is 30.0 Å². The number of rotatable bonds is 5. The first-order valence-corrected chi connectivity index (χ1v) is 10.8. The van der Waals surface area contributed by atoms with Crippen molar-refractivity contribution in [3.63, 3.8) is 0 Å². The van der Waals surface area contributed by atoms with Gasteiger partial charge >= 0.3 is 5.97 Å². The molecular formula is C19H17Cl2N3O6S. The van der Waals surface area contributed by atoms with Crippen molar-refractivity contribution in [2.45, 2.75) is 42.7 Å². The average Bonchev–Trinajstić information content (AvgIpc) is 3.22. The number of fused-ring (bicyclic) bond motifs is 1. The van der Waals surface area contributed by atoms with E-state index >= 15 is 0 Å². The van der Waals surface area contributed by atoms with Gasteiger partial charge in [0.15, 0.2) is 5.76 Å². The molecule has 0 spiro atoms. The van der Waals surface area contributed by atoms with E-state index in [2.05, 4.69) is 10.5 Å². The summed E-state index contributed by atoms with van der Waals surface area (Å²) in [6, 6.07) is 2.82. The molecule has 2 amide bonds. The molecule has 2 aliphatic rings. The molecule has 9 nitrogen and oxygen atoms in total. The highest BCUT2D eigenvalue weighted by molar-refractivity contribution is 8.01. The van der Waals surface area contributed by atoms with E-state index in [0.29, 0.717) is 0 Å². The zero-order chi connectivity index (χ0) is 22.7. The molecular weight excluding hydrogens is 469 g/mol. The Kier molecular flexibility index (Phi) is 5.45. The molecule has 0 aliphatic carbocycles. The second-order valence-electron chi connectivity index (χ2n) is 7.63. The van der Waals surface area contributed by atoms with Gasteiger partial charge in [0.2, 0.25) is 5.91 Å². The third kappa shape index (κ3) is 3.38. The molecule has 0 bridgehead atoms. The van der Waals surface area contributed by atoms with Gasteiger partial charge in [0.1, 0.15) is 35.3 Å². The minimum Gasteiger partial charge on any atom is -0.480 e. The molecule has 4 rings (SSSR count). The highest BCUT2D eigenvalue weighted by Crippen LogP contribution is 2.51. The molecule has 3 atom stereocenters. The quantitative estimate of drug-likeness (QED) is 0.549. The lowest BCUT2D eigenvalue weighted by Gasteiger charge is -2.43. The van der Waals surface area contributed by atoms with E-state index in [9.17, 15) is 24.6 Å². The van der Waals surface area contributed by atoms with Crippen LogP contribution in [0.4, 0.5) is 0 Å². The third-order valence-electron chi connectivity index (χ3n) is 5.29. The summed E-state index contributed by atoms with van der Waals surface area (Å²) in [5, 5.41) is 25.5. The highest BCUT2D eigenvalue weighted by atomic mass is 35.5. The Bertz CT molecular complexity index is 1080. The van der Waals surface area contributed by atoms with Gasteiger partial charge < -0.3 is 25.0 Å². The van der Waals surface area contributed by atoms with Gasteiger partial charge in [-0.2, -0.15) is 0 Å². The summed E-state index contributed by atoms with van der Waals surface area (Å²) in [7, 11) is 0. The zero-order valence-corrected chi connectivity index (χ0v) is 18.6. The molecule has 1 aromatic carbocycles. The predicted octanol–water partition coefficient (Wildman–Crippen LogP) is 2.39. The zero-order valence-electron chi connectivity index (χ0n) is 16.3. The van der Waals surface area contributed by atoms with Crippen LogP contribution in [-0.2, 0) is 16.2 Å². The first-order chi connectivity index (χ1) is 14.6. The lowest BCUT2D eigenvalue weighted by atomic mass is 9.95. The van der Waals surface area contributed by atoms with Gasteiger partial charge in [-0.15, -0.1) is 11.8 Å². The van der Waals surface area contributed by atoms with Crippen LogP contribution in [0.3, 0.4) is 0 Å². The Labute approximate surface area is 190 Å². The smallest absolute Gasteiger partial charge is 0.327 e. The third-order valence-corrected chi connectivity index (χ3v) is 7.50. The molecule has 0 saturated carbocycles. The summed E-state index contributed by atoms with van der Waals surface area (Å²) in [6.45, 7) is 2.86. The SMILES string of the molecule is CC1(C)S[C@@H]2[C@H](NC(=O)c3c(-c4c(Cl)cccc4Cl)noc3CO)C(=O)N2[C@H]1C(=O)O. The normalized spacial score (nSPS) is 24.0. The molecule has 1 aromatic heterocycles. The number of thioether (sulfide) groups is 1. The van der Waals surface area contributed by atoms with Crippen LogP contribution in [0.2, 0.25) is 10.0 Å². The summed E-state index contributed by atoms with van der Waals surface area (Å²) in [5.41, 5.74) is 0.188. The standard InChI is InChI=1S/C19H17Cl2N3O6S/c1-19(2)14(18(28)29)24-16(27)13(17(24)31-19)22-15(26)11-9(6-25)30-23-12(11)10-7(20)4-3-5-8(10)21/h3-5,13-14,17,25H,6H2,1-2H3,(H,22,26)(H,28,29)/t13-,14+,17-/m1/s1. The van der Waals surface area contributed by atoms with Crippen molar-refractivity contribution in [1.82, 2.24) is 15.4 Å². The molecule has 31 heavy (non-hydrogen) atoms. The van der Waals surface area contributed by atoms with Gasteiger partial charge in [-0.1, -0.05) is 34.4 Å². The Balaban J connectivity index is 1.65. The first-order valence-electron chi connectivity index (χ1n) is 9.16. The lowest BCUT2D eigenvalue weighted by Crippen LogP contribution is -2.70. The fourth-order valence-corrected chi connectivity index (χ4v) is 6.12. The number of carboxylic acid groups (broad SMARTS) is 1. The number of hydrogen-bond acceptors (Lipinski definition) is 7. The number of halogens is 2. The lowest BCUT2D eigenvalue weighted by molar-refractivity contribution is -0.159. The monoisotopic (exact) mass is 485 g/mol. The summed E-state index contributed by atoms with van der Waals surface area (Å²) < 4.78 is 4.38. The number of carbonyl (C=O) groups excluding carboxylic acids is 2. The largest absolute Gasteiger partial charge is 0.480 e. The number of nitrogens with one attached hydrogen (secondary N) is 1. The topological polar surface area (TPSA) is 133 Å². The molecule has 3 heterocycles. The maximum Gasteiger partial charge on any atom is 0.327 e. The van der Waals surface area contributed by atoms with Crippen molar-refractivity contribution < 1.29 is 29.1 Å². The molecule has 2 fully saturated rings. The number of β-lactam (4-membered cyclic amide) rings is 1. The van der Waals surface area contributed by atoms with Gasteiger partial charge in [0.25, 0.3) is 5.91 Å². The number of aliphatic hydroxyl groups is 1. The maximum absolute atomic E-state index is 13.1. The molecule has 2 aliphatic heterocycles. The highest BCUT2D eigenvalue weighted by Gasteiger charge is 2.64. The van der Waals surface area contributed by atoms with Crippen LogP contribution in [0.15, 0.2) is 22.7 Å². The molecule has 2 saturated heterocycles. The van der Waals surface area contributed by atoms with Crippen molar-refractivity contribution in [1.29, 1.82) is 0 Å². The van der Waals surface area contributed by atoms with Crippen molar-refractivity contribution in [2.24, 2.45) is 0 Å². The number of benzene rings is 1. The predicted molar refractivity (Wildman–Crippen MR) is 113 cm³/mol. The van der Waals surface area contributed by atoms with Crippen molar-refractivity contribution >= 4 is 52.7 Å². The van der Waals surface area contributed by atoms with E-state index < -0.39 is 46.6 Å². The Morgan fingerprint density at radius 2 is 1.97 bits per heavy atom. The first kappa shape index (κ1) is 21.9. The molecule has 3 N–H and O–H groups in total. The van der Waals surface area contributed by atoms with Crippen LogP contribution < -0.4 is 5.32 Å². The summed E-state index contributed by atoms with van der Waals surface area (Å²) in [5.74, 6) is -2.43. The van der Waals surface area contributed by atoms with Crippen LogP contribution in [0.5, 0.6) is 0 Å². The van der Waals surface area contributed by atoms with Gasteiger partial charge in [0, 0.05) is 10.3 Å². The average molecular weight is 486 g/mol. The van der Waals surface area contributed by atoms with E-state index in [-0.39, 0.29) is 32.6 Å². The summed E-state index contributed by atoms with van der Waals surface area (Å²) in [4.78, 5) is 38.7. The number of amides is 2. The van der Waals surface area contributed by atoms with Crippen LogP contribution in [0, 0.1) is 0 Å². The summed E-state index contributed by atoms with van der Waals surface area (Å²) in [6.07, 6.45) is 0.